The zero-order valence-electron chi connectivity index (χ0n) is 15.8. The lowest BCUT2D eigenvalue weighted by atomic mass is 9.81. The molecule has 3 rings (SSSR count). The second-order valence-corrected chi connectivity index (χ2v) is 9.72. The van der Waals surface area contributed by atoms with Gasteiger partial charge in [-0.15, -0.1) is 0 Å². The van der Waals surface area contributed by atoms with Crippen molar-refractivity contribution in [1.82, 2.24) is 4.31 Å². The highest BCUT2D eigenvalue weighted by Gasteiger charge is 2.57. The standard InChI is InChI=1S/C19H25NO6S/c1-12(2)26-17(21)16-9-15(7-6-13(16)3)27(24,25)20-10-14-5-4-8-19(14,11-20)18(22)23/h6-7,9,12,14H,4-5,8,10-11H2,1-3H3,(H,22,23)/t14-,19+/m0/s1. The van der Waals surface area contributed by atoms with Gasteiger partial charge in [-0.05, 0) is 57.2 Å². The lowest BCUT2D eigenvalue weighted by Crippen LogP contribution is -2.37. The van der Waals surface area contributed by atoms with Crippen molar-refractivity contribution in [3.63, 3.8) is 0 Å². The number of rotatable bonds is 5. The van der Waals surface area contributed by atoms with Gasteiger partial charge < -0.3 is 9.84 Å². The van der Waals surface area contributed by atoms with Crippen LogP contribution in [0.1, 0.15) is 49.0 Å². The van der Waals surface area contributed by atoms with Gasteiger partial charge in [0.15, 0.2) is 0 Å². The van der Waals surface area contributed by atoms with Crippen molar-refractivity contribution in [3.8, 4) is 0 Å². The number of carbonyl (C=O) groups excluding carboxylic acids is 1. The molecule has 1 heterocycles. The summed E-state index contributed by atoms with van der Waals surface area (Å²) in [6.45, 7) is 5.35. The number of aliphatic carboxylic acids is 1. The molecule has 0 radical (unpaired) electrons. The molecule has 1 aromatic rings. The van der Waals surface area contributed by atoms with E-state index in [1.807, 2.05) is 0 Å². The van der Waals surface area contributed by atoms with E-state index in [-0.39, 0.29) is 35.6 Å². The molecular weight excluding hydrogens is 370 g/mol. The quantitative estimate of drug-likeness (QED) is 0.769. The molecule has 0 amide bonds. The molecule has 1 aromatic carbocycles. The molecule has 0 spiro atoms. The Bertz CT molecular complexity index is 878. The zero-order chi connectivity index (χ0) is 20.0. The van der Waals surface area contributed by atoms with Crippen molar-refractivity contribution in [2.24, 2.45) is 11.3 Å². The van der Waals surface area contributed by atoms with Gasteiger partial charge in [0.1, 0.15) is 0 Å². The minimum Gasteiger partial charge on any atom is -0.481 e. The maximum Gasteiger partial charge on any atom is 0.338 e. The summed E-state index contributed by atoms with van der Waals surface area (Å²) in [7, 11) is -3.89. The van der Waals surface area contributed by atoms with Crippen LogP contribution in [0.2, 0.25) is 0 Å². The van der Waals surface area contributed by atoms with Crippen LogP contribution in [0.3, 0.4) is 0 Å². The number of carboxylic acids is 1. The van der Waals surface area contributed by atoms with E-state index in [2.05, 4.69) is 0 Å². The monoisotopic (exact) mass is 395 g/mol. The Morgan fingerprint density at radius 3 is 2.63 bits per heavy atom. The van der Waals surface area contributed by atoms with Gasteiger partial charge >= 0.3 is 11.9 Å². The second-order valence-electron chi connectivity index (χ2n) is 7.78. The molecular formula is C19H25NO6S. The molecule has 27 heavy (non-hydrogen) atoms. The minimum absolute atomic E-state index is 0.00989. The van der Waals surface area contributed by atoms with E-state index >= 15 is 0 Å². The van der Waals surface area contributed by atoms with E-state index in [1.165, 1.54) is 16.4 Å². The van der Waals surface area contributed by atoms with Crippen LogP contribution in [0.25, 0.3) is 0 Å². The largest absolute Gasteiger partial charge is 0.481 e. The number of carboxylic acid groups (broad SMARTS) is 1. The molecule has 1 N–H and O–H groups in total. The lowest BCUT2D eigenvalue weighted by molar-refractivity contribution is -0.149. The predicted molar refractivity (Wildman–Crippen MR) is 97.9 cm³/mol. The molecule has 8 heteroatoms. The van der Waals surface area contributed by atoms with E-state index in [0.29, 0.717) is 12.0 Å². The normalized spacial score (nSPS) is 25.6. The molecule has 7 nitrogen and oxygen atoms in total. The average molecular weight is 395 g/mol. The van der Waals surface area contributed by atoms with Gasteiger partial charge in [0.25, 0.3) is 0 Å². The Labute approximate surface area is 159 Å². The fourth-order valence-corrected chi connectivity index (χ4v) is 5.77. The lowest BCUT2D eigenvalue weighted by Gasteiger charge is -2.23. The van der Waals surface area contributed by atoms with Crippen LogP contribution in [0, 0.1) is 18.3 Å². The number of hydrogen-bond donors (Lipinski definition) is 1. The summed E-state index contributed by atoms with van der Waals surface area (Å²) in [6, 6.07) is 4.36. The van der Waals surface area contributed by atoms with Gasteiger partial charge in [-0.2, -0.15) is 4.31 Å². The van der Waals surface area contributed by atoms with Crippen LogP contribution in [-0.2, 0) is 19.6 Å². The summed E-state index contributed by atoms with van der Waals surface area (Å²) < 4.78 is 32.7. The fourth-order valence-electron chi connectivity index (χ4n) is 4.18. The maximum atomic E-state index is 13.1. The third kappa shape index (κ3) is 3.36. The predicted octanol–water partition coefficient (Wildman–Crippen LogP) is 2.44. The molecule has 2 fully saturated rings. The number of nitrogens with zero attached hydrogens (tertiary/aromatic N) is 1. The SMILES string of the molecule is Cc1ccc(S(=O)(=O)N2C[C@@H]3CCC[C@@]3(C(=O)O)C2)cc1C(=O)OC(C)C. The summed E-state index contributed by atoms with van der Waals surface area (Å²) >= 11 is 0. The molecule has 1 aliphatic carbocycles. The van der Waals surface area contributed by atoms with E-state index in [0.717, 1.165) is 12.8 Å². The number of fused-ring (bicyclic) bond motifs is 1. The number of sulfonamides is 1. The van der Waals surface area contributed by atoms with Gasteiger partial charge in [0.2, 0.25) is 10.0 Å². The Morgan fingerprint density at radius 2 is 2.04 bits per heavy atom. The molecule has 2 aliphatic rings. The van der Waals surface area contributed by atoms with Crippen molar-refractivity contribution < 1.29 is 27.9 Å². The number of carbonyl (C=O) groups is 2. The van der Waals surface area contributed by atoms with Crippen LogP contribution in [0.5, 0.6) is 0 Å². The first-order chi connectivity index (χ1) is 12.6. The van der Waals surface area contributed by atoms with Crippen LogP contribution < -0.4 is 0 Å². The van der Waals surface area contributed by atoms with Crippen molar-refractivity contribution >= 4 is 22.0 Å². The molecule has 0 bridgehead atoms. The number of ether oxygens (including phenoxy) is 1. The minimum atomic E-state index is -3.89. The highest BCUT2D eigenvalue weighted by atomic mass is 32.2. The summed E-state index contributed by atoms with van der Waals surface area (Å²) in [5.41, 5.74) is -0.158. The molecule has 1 saturated carbocycles. The van der Waals surface area contributed by atoms with Crippen molar-refractivity contribution in [3.05, 3.63) is 29.3 Å². The summed E-state index contributed by atoms with van der Waals surface area (Å²) in [5.74, 6) is -1.66. The Hall–Kier alpha value is -1.93. The van der Waals surface area contributed by atoms with E-state index in [4.69, 9.17) is 4.74 Å². The first-order valence-corrected chi connectivity index (χ1v) is 10.6. The Morgan fingerprint density at radius 1 is 1.33 bits per heavy atom. The Balaban J connectivity index is 1.92. The summed E-state index contributed by atoms with van der Waals surface area (Å²) in [5, 5.41) is 9.68. The maximum absolute atomic E-state index is 13.1. The van der Waals surface area contributed by atoms with Crippen LogP contribution in [0.4, 0.5) is 0 Å². The molecule has 1 aliphatic heterocycles. The van der Waals surface area contributed by atoms with Crippen LogP contribution >= 0.6 is 0 Å². The third-order valence-corrected chi connectivity index (χ3v) is 7.48. The van der Waals surface area contributed by atoms with Gasteiger partial charge in [-0.3, -0.25) is 4.79 Å². The van der Waals surface area contributed by atoms with E-state index in [9.17, 15) is 23.1 Å². The Kier molecular flexibility index (Phi) is 5.07. The number of aryl methyl sites for hydroxylation is 1. The average Bonchev–Trinajstić information content (AvgIpc) is 3.12. The highest BCUT2D eigenvalue weighted by molar-refractivity contribution is 7.89. The zero-order valence-corrected chi connectivity index (χ0v) is 16.6. The van der Waals surface area contributed by atoms with Gasteiger partial charge in [0.05, 0.1) is 22.0 Å². The smallest absolute Gasteiger partial charge is 0.338 e. The molecule has 1 saturated heterocycles. The number of benzene rings is 1. The van der Waals surface area contributed by atoms with E-state index in [1.54, 1.807) is 26.8 Å². The van der Waals surface area contributed by atoms with Gasteiger partial charge in [0, 0.05) is 13.1 Å². The molecule has 148 valence electrons. The molecule has 0 unspecified atom stereocenters. The molecule has 0 aromatic heterocycles. The van der Waals surface area contributed by atoms with Gasteiger partial charge in [-0.25, -0.2) is 13.2 Å². The van der Waals surface area contributed by atoms with Crippen molar-refractivity contribution in [2.75, 3.05) is 13.1 Å². The summed E-state index contributed by atoms with van der Waals surface area (Å²) in [6.07, 6.45) is 1.71. The fraction of sp³-hybridized carbons (Fsp3) is 0.579. The van der Waals surface area contributed by atoms with Gasteiger partial charge in [-0.1, -0.05) is 12.5 Å². The summed E-state index contributed by atoms with van der Waals surface area (Å²) in [4.78, 5) is 24.1. The second kappa shape index (κ2) is 6.91. The van der Waals surface area contributed by atoms with Crippen molar-refractivity contribution in [2.45, 2.75) is 51.0 Å². The van der Waals surface area contributed by atoms with Crippen molar-refractivity contribution in [1.29, 1.82) is 0 Å². The van der Waals surface area contributed by atoms with Crippen LogP contribution in [0.15, 0.2) is 23.1 Å². The first-order valence-electron chi connectivity index (χ1n) is 9.13. The van der Waals surface area contributed by atoms with Crippen LogP contribution in [-0.4, -0.2) is 49.0 Å². The first kappa shape index (κ1) is 19.8. The topological polar surface area (TPSA) is 101 Å². The number of hydrogen-bond acceptors (Lipinski definition) is 5. The van der Waals surface area contributed by atoms with E-state index < -0.39 is 27.4 Å². The third-order valence-electron chi connectivity index (χ3n) is 5.67. The highest BCUT2D eigenvalue weighted by Crippen LogP contribution is 2.50. The number of esters is 1. The molecule has 2 atom stereocenters.